The van der Waals surface area contributed by atoms with Crippen LogP contribution < -0.4 is 0 Å². The van der Waals surface area contributed by atoms with Crippen LogP contribution in [0.4, 0.5) is 0 Å². The van der Waals surface area contributed by atoms with E-state index in [0.717, 1.165) is 14.9 Å². The molecule has 1 aromatic heterocycles. The average molecular weight is 445 g/mol. The molecule has 0 spiro atoms. The highest BCUT2D eigenvalue weighted by Gasteiger charge is 2.16. The Labute approximate surface area is 138 Å². The molecule has 2 rings (SSSR count). The van der Waals surface area contributed by atoms with Crippen molar-refractivity contribution in [3.63, 3.8) is 0 Å². The van der Waals surface area contributed by atoms with Crippen LogP contribution in [-0.2, 0) is 9.84 Å². The molecule has 0 N–H and O–H groups in total. The summed E-state index contributed by atoms with van der Waals surface area (Å²) in [7, 11) is -3.15. The highest BCUT2D eigenvalue weighted by atomic mass is 79.9. The molecule has 19 heavy (non-hydrogen) atoms. The number of alkyl halides is 1. The zero-order valence-corrected chi connectivity index (χ0v) is 15.3. The van der Waals surface area contributed by atoms with E-state index in [1.54, 1.807) is 24.3 Å². The lowest BCUT2D eigenvalue weighted by atomic mass is 10.1. The molecule has 1 heterocycles. The van der Waals surface area contributed by atoms with Crippen molar-refractivity contribution in [3.05, 3.63) is 49.6 Å². The minimum Gasteiger partial charge on any atom is -0.224 e. The fourth-order valence-corrected chi connectivity index (χ4v) is 4.63. The van der Waals surface area contributed by atoms with E-state index in [2.05, 4.69) is 31.9 Å². The molecule has 1 unspecified atom stereocenters. The molecule has 7 heteroatoms. The first-order chi connectivity index (χ1) is 8.79. The second-order valence-electron chi connectivity index (χ2n) is 3.97. The van der Waals surface area contributed by atoms with Crippen LogP contribution in [0.1, 0.15) is 15.3 Å². The number of benzene rings is 1. The summed E-state index contributed by atoms with van der Waals surface area (Å²) in [5.74, 6) is 0. The van der Waals surface area contributed by atoms with Crippen molar-refractivity contribution in [2.24, 2.45) is 0 Å². The minimum absolute atomic E-state index is 0.00471. The Bertz CT molecular complexity index is 674. The van der Waals surface area contributed by atoms with E-state index in [-0.39, 0.29) is 4.83 Å². The molecule has 0 fully saturated rings. The topological polar surface area (TPSA) is 34.1 Å². The monoisotopic (exact) mass is 442 g/mol. The average Bonchev–Trinajstić information content (AvgIpc) is 2.68. The highest BCUT2D eigenvalue weighted by molar-refractivity contribution is 9.10. The summed E-state index contributed by atoms with van der Waals surface area (Å²) in [4.78, 5) is 1.38. The van der Waals surface area contributed by atoms with E-state index in [9.17, 15) is 8.42 Å². The zero-order valence-electron chi connectivity index (χ0n) is 9.73. The van der Waals surface area contributed by atoms with Crippen molar-refractivity contribution in [2.45, 2.75) is 9.72 Å². The lowest BCUT2D eigenvalue weighted by molar-refractivity contribution is 0.602. The molecule has 0 saturated heterocycles. The molecule has 2 nitrogen and oxygen atoms in total. The number of halogens is 3. The Balaban J connectivity index is 2.32. The highest BCUT2D eigenvalue weighted by Crippen LogP contribution is 2.41. The summed E-state index contributed by atoms with van der Waals surface area (Å²) in [5.41, 5.74) is 0.984. The Morgan fingerprint density at radius 2 is 1.84 bits per heavy atom. The van der Waals surface area contributed by atoms with Crippen molar-refractivity contribution in [2.75, 3.05) is 6.26 Å². The Kier molecular flexibility index (Phi) is 4.78. The molecule has 2 aromatic rings. The van der Waals surface area contributed by atoms with Gasteiger partial charge >= 0.3 is 0 Å². The number of hydrogen-bond acceptors (Lipinski definition) is 3. The lowest BCUT2D eigenvalue weighted by Gasteiger charge is -2.08. The second-order valence-corrected chi connectivity index (χ2v) is 9.45. The molecule has 0 radical (unpaired) electrons. The smallest absolute Gasteiger partial charge is 0.175 e. The molecule has 0 aliphatic heterocycles. The maximum absolute atomic E-state index is 11.4. The van der Waals surface area contributed by atoms with Crippen LogP contribution in [0.3, 0.4) is 0 Å². The second kappa shape index (κ2) is 5.85. The van der Waals surface area contributed by atoms with Gasteiger partial charge in [-0.3, -0.25) is 0 Å². The summed E-state index contributed by atoms with van der Waals surface area (Å²) in [5, 5.41) is 0. The molecule has 0 amide bonds. The Morgan fingerprint density at radius 3 is 2.26 bits per heavy atom. The molecule has 102 valence electrons. The normalized spacial score (nSPS) is 13.5. The van der Waals surface area contributed by atoms with E-state index in [1.165, 1.54) is 17.6 Å². The molecule has 0 aliphatic rings. The van der Waals surface area contributed by atoms with Gasteiger partial charge in [0.2, 0.25) is 0 Å². The fraction of sp³-hybridized carbons (Fsp3) is 0.167. The molecule has 1 atom stereocenters. The van der Waals surface area contributed by atoms with Gasteiger partial charge in [0, 0.05) is 15.6 Å². The van der Waals surface area contributed by atoms with Gasteiger partial charge in [-0.2, -0.15) is 0 Å². The summed E-state index contributed by atoms with van der Waals surface area (Å²) in [6, 6.07) is 8.79. The standard InChI is InChI=1S/C12H9Br2ClO2S2/c1-19(16,17)8-4-2-7(3-5-8)11(14)10-6-9(13)12(15)18-10/h2-6,11H,1H3. The summed E-state index contributed by atoms with van der Waals surface area (Å²) < 4.78 is 24.4. The number of thiophene rings is 1. The van der Waals surface area contributed by atoms with Gasteiger partial charge in [0.15, 0.2) is 9.84 Å². The fourth-order valence-electron chi connectivity index (χ4n) is 1.54. The third-order valence-corrected chi connectivity index (χ3v) is 7.51. The molecular weight excluding hydrogens is 436 g/mol. The van der Waals surface area contributed by atoms with Crippen LogP contribution in [-0.4, -0.2) is 14.7 Å². The van der Waals surface area contributed by atoms with E-state index >= 15 is 0 Å². The maximum atomic E-state index is 11.4. The van der Waals surface area contributed by atoms with Gasteiger partial charge < -0.3 is 0 Å². The summed E-state index contributed by atoms with van der Waals surface area (Å²) >= 11 is 14.5. The van der Waals surface area contributed by atoms with Gasteiger partial charge in [-0.05, 0) is 39.7 Å². The number of rotatable bonds is 3. The summed E-state index contributed by atoms with van der Waals surface area (Å²) in [6.45, 7) is 0. The number of hydrogen-bond donors (Lipinski definition) is 0. The lowest BCUT2D eigenvalue weighted by Crippen LogP contribution is -1.97. The predicted octanol–water partition coefficient (Wildman–Crippen LogP) is 5.05. The van der Waals surface area contributed by atoms with Gasteiger partial charge in [0.1, 0.15) is 4.34 Å². The van der Waals surface area contributed by atoms with Gasteiger partial charge in [-0.15, -0.1) is 11.3 Å². The largest absolute Gasteiger partial charge is 0.224 e. The number of sulfone groups is 1. The van der Waals surface area contributed by atoms with Gasteiger partial charge in [0.25, 0.3) is 0 Å². The minimum atomic E-state index is -3.15. The van der Waals surface area contributed by atoms with Crippen molar-refractivity contribution in [3.8, 4) is 0 Å². The van der Waals surface area contributed by atoms with E-state index < -0.39 is 9.84 Å². The summed E-state index contributed by atoms with van der Waals surface area (Å²) in [6.07, 6.45) is 1.20. The first-order valence-electron chi connectivity index (χ1n) is 5.18. The molecular formula is C12H9Br2ClO2S2. The van der Waals surface area contributed by atoms with Crippen LogP contribution in [0, 0.1) is 0 Å². The van der Waals surface area contributed by atoms with Gasteiger partial charge in [-0.1, -0.05) is 39.7 Å². The predicted molar refractivity (Wildman–Crippen MR) is 87.4 cm³/mol. The third kappa shape index (κ3) is 3.61. The van der Waals surface area contributed by atoms with Crippen molar-refractivity contribution >= 4 is 64.6 Å². The molecule has 0 saturated carbocycles. The van der Waals surface area contributed by atoms with E-state index in [4.69, 9.17) is 11.6 Å². The first-order valence-corrected chi connectivity index (χ1v) is 9.97. The zero-order chi connectivity index (χ0) is 14.2. The van der Waals surface area contributed by atoms with Crippen molar-refractivity contribution in [1.82, 2.24) is 0 Å². The third-order valence-electron chi connectivity index (χ3n) is 2.51. The van der Waals surface area contributed by atoms with Crippen LogP contribution >= 0.6 is 54.8 Å². The van der Waals surface area contributed by atoms with Crippen LogP contribution in [0.25, 0.3) is 0 Å². The van der Waals surface area contributed by atoms with Crippen molar-refractivity contribution < 1.29 is 8.42 Å². The van der Waals surface area contributed by atoms with E-state index in [1.807, 2.05) is 6.07 Å². The van der Waals surface area contributed by atoms with E-state index in [0.29, 0.717) is 9.23 Å². The van der Waals surface area contributed by atoms with Crippen LogP contribution in [0.15, 0.2) is 39.7 Å². The SMILES string of the molecule is CS(=O)(=O)c1ccc(C(Br)c2cc(Br)c(Cl)s2)cc1. The Morgan fingerprint density at radius 1 is 1.26 bits per heavy atom. The maximum Gasteiger partial charge on any atom is 0.175 e. The van der Waals surface area contributed by atoms with Crippen LogP contribution in [0.2, 0.25) is 4.34 Å². The molecule has 0 aliphatic carbocycles. The van der Waals surface area contributed by atoms with Crippen molar-refractivity contribution in [1.29, 1.82) is 0 Å². The molecule has 1 aromatic carbocycles. The quantitative estimate of drug-likeness (QED) is 0.621. The first kappa shape index (κ1) is 15.5. The van der Waals surface area contributed by atoms with Crippen LogP contribution in [0.5, 0.6) is 0 Å². The van der Waals surface area contributed by atoms with Gasteiger partial charge in [0.05, 0.1) is 9.72 Å². The Hall–Kier alpha value is 0.120. The van der Waals surface area contributed by atoms with Gasteiger partial charge in [-0.25, -0.2) is 8.42 Å². The molecule has 0 bridgehead atoms.